The molecular formula is C24H26F4N6O. The van der Waals surface area contributed by atoms with Crippen LogP contribution in [0.2, 0.25) is 0 Å². The Morgan fingerprint density at radius 3 is 2.23 bits per heavy atom. The molecule has 11 heteroatoms. The smallest absolute Gasteiger partial charge is 0.346 e. The highest BCUT2D eigenvalue weighted by Crippen LogP contribution is 2.32. The Morgan fingerprint density at radius 1 is 0.971 bits per heavy atom. The second kappa shape index (κ2) is 10.5. The van der Waals surface area contributed by atoms with Gasteiger partial charge in [-0.05, 0) is 41.9 Å². The Balaban J connectivity index is 1.49. The van der Waals surface area contributed by atoms with Crippen molar-refractivity contribution in [2.75, 3.05) is 32.7 Å². The summed E-state index contributed by atoms with van der Waals surface area (Å²) < 4.78 is 55.2. The van der Waals surface area contributed by atoms with Gasteiger partial charge in [0.05, 0.1) is 5.69 Å². The van der Waals surface area contributed by atoms with Crippen molar-refractivity contribution in [1.29, 1.82) is 0 Å². The molecule has 2 aromatic carbocycles. The summed E-state index contributed by atoms with van der Waals surface area (Å²) in [6.07, 6.45) is -4.90. The number of rotatable bonds is 7. The number of carbonyl (C=O) groups is 1. The minimum absolute atomic E-state index is 0.0463. The van der Waals surface area contributed by atoms with Crippen molar-refractivity contribution in [3.63, 3.8) is 0 Å². The SMILES string of the molecule is CCN1CCN(Cc2ccccc2CNC(=O)c2nnn(-c3ccc(F)cc3)c2C(F)(F)F)CC1. The van der Waals surface area contributed by atoms with E-state index in [1.165, 1.54) is 0 Å². The summed E-state index contributed by atoms with van der Waals surface area (Å²) in [6.45, 7) is 7.71. The first-order valence-corrected chi connectivity index (χ1v) is 11.3. The largest absolute Gasteiger partial charge is 0.435 e. The van der Waals surface area contributed by atoms with Gasteiger partial charge in [-0.25, -0.2) is 9.07 Å². The lowest BCUT2D eigenvalue weighted by Crippen LogP contribution is -2.45. The number of hydrogen-bond donors (Lipinski definition) is 1. The number of likely N-dealkylation sites (N-methyl/N-ethyl adjacent to an activating group) is 1. The number of piperazine rings is 1. The third kappa shape index (κ3) is 5.85. The first-order chi connectivity index (χ1) is 16.8. The third-order valence-corrected chi connectivity index (χ3v) is 6.09. The van der Waals surface area contributed by atoms with Gasteiger partial charge in [-0.15, -0.1) is 5.10 Å². The molecule has 4 rings (SSSR count). The maximum atomic E-state index is 13.8. The molecule has 0 spiro atoms. The number of amides is 1. The van der Waals surface area contributed by atoms with Crippen LogP contribution in [0.25, 0.3) is 5.69 Å². The monoisotopic (exact) mass is 490 g/mol. The van der Waals surface area contributed by atoms with E-state index >= 15 is 0 Å². The molecule has 2 heterocycles. The number of benzene rings is 2. The molecule has 1 fully saturated rings. The van der Waals surface area contributed by atoms with E-state index in [9.17, 15) is 22.4 Å². The van der Waals surface area contributed by atoms with Crippen LogP contribution in [0.5, 0.6) is 0 Å². The maximum Gasteiger partial charge on any atom is 0.435 e. The number of aromatic nitrogens is 3. The van der Waals surface area contributed by atoms with Crippen LogP contribution < -0.4 is 5.32 Å². The van der Waals surface area contributed by atoms with Gasteiger partial charge < -0.3 is 10.2 Å². The molecule has 7 nitrogen and oxygen atoms in total. The Bertz CT molecular complexity index is 1150. The lowest BCUT2D eigenvalue weighted by Gasteiger charge is -2.34. The molecule has 0 unspecified atom stereocenters. The highest BCUT2D eigenvalue weighted by Gasteiger charge is 2.42. The zero-order chi connectivity index (χ0) is 25.0. The van der Waals surface area contributed by atoms with Gasteiger partial charge in [-0.3, -0.25) is 9.69 Å². The molecule has 35 heavy (non-hydrogen) atoms. The minimum Gasteiger partial charge on any atom is -0.346 e. The second-order valence-electron chi connectivity index (χ2n) is 8.33. The Hall–Kier alpha value is -3.31. The molecule has 0 radical (unpaired) electrons. The van der Waals surface area contributed by atoms with E-state index in [1.54, 1.807) is 0 Å². The van der Waals surface area contributed by atoms with E-state index in [2.05, 4.69) is 32.4 Å². The normalized spacial score (nSPS) is 15.3. The van der Waals surface area contributed by atoms with E-state index in [4.69, 9.17) is 0 Å². The molecule has 1 aromatic heterocycles. The van der Waals surface area contributed by atoms with Crippen LogP contribution >= 0.6 is 0 Å². The average molecular weight is 491 g/mol. The average Bonchev–Trinajstić information content (AvgIpc) is 3.30. The van der Waals surface area contributed by atoms with Gasteiger partial charge in [0.2, 0.25) is 0 Å². The van der Waals surface area contributed by atoms with Gasteiger partial charge in [-0.1, -0.05) is 36.4 Å². The van der Waals surface area contributed by atoms with Gasteiger partial charge in [0.15, 0.2) is 11.4 Å². The summed E-state index contributed by atoms with van der Waals surface area (Å²) >= 11 is 0. The number of nitrogens with one attached hydrogen (secondary N) is 1. The van der Waals surface area contributed by atoms with E-state index in [1.807, 2.05) is 24.3 Å². The predicted molar refractivity (Wildman–Crippen MR) is 121 cm³/mol. The van der Waals surface area contributed by atoms with Gasteiger partial charge in [-0.2, -0.15) is 13.2 Å². The van der Waals surface area contributed by atoms with Crippen molar-refractivity contribution in [1.82, 2.24) is 30.1 Å². The number of halogens is 4. The molecule has 0 saturated carbocycles. The molecule has 1 amide bonds. The van der Waals surface area contributed by atoms with Crippen LogP contribution in [0.15, 0.2) is 48.5 Å². The predicted octanol–water partition coefficient (Wildman–Crippen LogP) is 3.49. The molecule has 0 aliphatic carbocycles. The topological polar surface area (TPSA) is 66.3 Å². The number of hydrogen-bond acceptors (Lipinski definition) is 5. The summed E-state index contributed by atoms with van der Waals surface area (Å²) in [4.78, 5) is 17.4. The molecule has 3 aromatic rings. The summed E-state index contributed by atoms with van der Waals surface area (Å²) in [5.41, 5.74) is -0.389. The molecule has 1 aliphatic heterocycles. The fourth-order valence-electron chi connectivity index (χ4n) is 4.10. The van der Waals surface area contributed by atoms with Crippen LogP contribution in [0.4, 0.5) is 17.6 Å². The second-order valence-corrected chi connectivity index (χ2v) is 8.33. The fourth-order valence-corrected chi connectivity index (χ4v) is 4.10. The number of carbonyl (C=O) groups excluding carboxylic acids is 1. The fraction of sp³-hybridized carbons (Fsp3) is 0.375. The highest BCUT2D eigenvalue weighted by atomic mass is 19.4. The van der Waals surface area contributed by atoms with Crippen molar-refractivity contribution < 1.29 is 22.4 Å². The van der Waals surface area contributed by atoms with E-state index in [-0.39, 0.29) is 12.2 Å². The van der Waals surface area contributed by atoms with Crippen molar-refractivity contribution in [3.8, 4) is 5.69 Å². The summed E-state index contributed by atoms with van der Waals surface area (Å²) in [5.74, 6) is -1.59. The Labute approximate surface area is 200 Å². The van der Waals surface area contributed by atoms with Crippen LogP contribution in [0.3, 0.4) is 0 Å². The standard InChI is InChI=1S/C24H26F4N6O/c1-2-32-11-13-33(14-12-32)16-18-6-4-3-5-17(18)15-29-23(35)21-22(24(26,27)28)34(31-30-21)20-9-7-19(25)8-10-20/h3-10H,2,11-16H2,1H3,(H,29,35). The molecule has 186 valence electrons. The van der Waals surface area contributed by atoms with Gasteiger partial charge >= 0.3 is 6.18 Å². The molecule has 0 bridgehead atoms. The van der Waals surface area contributed by atoms with Crippen molar-refractivity contribution in [2.45, 2.75) is 26.2 Å². The zero-order valence-electron chi connectivity index (χ0n) is 19.2. The lowest BCUT2D eigenvalue weighted by atomic mass is 10.1. The summed E-state index contributed by atoms with van der Waals surface area (Å²) in [5, 5.41) is 9.57. The third-order valence-electron chi connectivity index (χ3n) is 6.09. The minimum atomic E-state index is -4.90. The van der Waals surface area contributed by atoms with E-state index in [0.717, 1.165) is 68.1 Å². The van der Waals surface area contributed by atoms with E-state index in [0.29, 0.717) is 11.2 Å². The van der Waals surface area contributed by atoms with Crippen LogP contribution in [-0.4, -0.2) is 63.4 Å². The van der Waals surface area contributed by atoms with Gasteiger partial charge in [0.25, 0.3) is 5.91 Å². The molecule has 1 N–H and O–H groups in total. The first-order valence-electron chi connectivity index (χ1n) is 11.3. The molecule has 1 saturated heterocycles. The van der Waals surface area contributed by atoms with Crippen LogP contribution in [0.1, 0.15) is 34.2 Å². The lowest BCUT2D eigenvalue weighted by molar-refractivity contribution is -0.143. The van der Waals surface area contributed by atoms with Crippen molar-refractivity contribution in [3.05, 3.63) is 76.9 Å². The molecule has 1 aliphatic rings. The molecular weight excluding hydrogens is 464 g/mol. The summed E-state index contributed by atoms with van der Waals surface area (Å²) in [7, 11) is 0. The zero-order valence-corrected chi connectivity index (χ0v) is 19.2. The summed E-state index contributed by atoms with van der Waals surface area (Å²) in [6, 6.07) is 11.8. The van der Waals surface area contributed by atoms with Crippen molar-refractivity contribution >= 4 is 5.91 Å². The quantitative estimate of drug-likeness (QED) is 0.514. The highest BCUT2D eigenvalue weighted by molar-refractivity contribution is 5.93. The van der Waals surface area contributed by atoms with Crippen LogP contribution in [0, 0.1) is 5.82 Å². The van der Waals surface area contributed by atoms with E-state index < -0.39 is 29.3 Å². The van der Waals surface area contributed by atoms with Crippen molar-refractivity contribution in [2.24, 2.45) is 0 Å². The maximum absolute atomic E-state index is 13.8. The first kappa shape index (κ1) is 24.8. The Kier molecular flexibility index (Phi) is 7.46. The van der Waals surface area contributed by atoms with Gasteiger partial charge in [0.1, 0.15) is 5.82 Å². The number of nitrogens with zero attached hydrogens (tertiary/aromatic N) is 5. The van der Waals surface area contributed by atoms with Gasteiger partial charge in [0, 0.05) is 39.3 Å². The Morgan fingerprint density at radius 2 is 1.60 bits per heavy atom. The number of alkyl halides is 3. The molecule has 0 atom stereocenters. The van der Waals surface area contributed by atoms with Crippen LogP contribution in [-0.2, 0) is 19.3 Å².